The molecule has 0 radical (unpaired) electrons. The largest absolute Gasteiger partial charge is 0.464 e. The van der Waals surface area contributed by atoms with E-state index in [-0.39, 0.29) is 17.0 Å². The second kappa shape index (κ2) is 6.21. The molecule has 1 aliphatic heterocycles. The molecule has 2 atom stereocenters. The predicted molar refractivity (Wildman–Crippen MR) is 80.7 cm³/mol. The Balaban J connectivity index is 2.47. The predicted octanol–water partition coefficient (Wildman–Crippen LogP) is 1.71. The third-order valence-electron chi connectivity index (χ3n) is 3.17. The second-order valence-electron chi connectivity index (χ2n) is 4.66. The lowest BCUT2D eigenvalue weighted by molar-refractivity contribution is -0.122. The van der Waals surface area contributed by atoms with Crippen molar-refractivity contribution in [1.82, 2.24) is 14.7 Å². The van der Waals surface area contributed by atoms with Crippen LogP contribution in [0.5, 0.6) is 0 Å². The normalized spacial score (nSPS) is 25.6. The summed E-state index contributed by atoms with van der Waals surface area (Å²) in [6.45, 7) is 3.36. The molecular formula is C13H16ClN3O3S. The van der Waals surface area contributed by atoms with Crippen LogP contribution in [0.3, 0.4) is 0 Å². The summed E-state index contributed by atoms with van der Waals surface area (Å²) in [7, 11) is 1.29. The number of carbonyl (C=O) groups is 2. The van der Waals surface area contributed by atoms with Crippen LogP contribution in [0.4, 0.5) is 0 Å². The Hall–Kier alpha value is -1.31. The van der Waals surface area contributed by atoms with Gasteiger partial charge in [0, 0.05) is 12.7 Å². The number of nitrogens with one attached hydrogen (secondary N) is 1. The Morgan fingerprint density at radius 1 is 1.57 bits per heavy atom. The monoisotopic (exact) mass is 329 g/mol. The summed E-state index contributed by atoms with van der Waals surface area (Å²) in [4.78, 5) is 27.5. The summed E-state index contributed by atoms with van der Waals surface area (Å²) < 4.78 is 6.21. The molecule has 0 aromatic carbocycles. The van der Waals surface area contributed by atoms with Crippen LogP contribution in [0.1, 0.15) is 30.0 Å². The molecule has 114 valence electrons. The van der Waals surface area contributed by atoms with E-state index in [1.807, 2.05) is 6.92 Å². The van der Waals surface area contributed by atoms with Crippen molar-refractivity contribution in [2.75, 3.05) is 12.9 Å². The van der Waals surface area contributed by atoms with Crippen molar-refractivity contribution >= 4 is 35.4 Å². The van der Waals surface area contributed by atoms with Crippen molar-refractivity contribution in [1.29, 1.82) is 0 Å². The molecule has 2 unspecified atom stereocenters. The van der Waals surface area contributed by atoms with E-state index in [1.54, 1.807) is 30.0 Å². The molecule has 1 amide bonds. The van der Waals surface area contributed by atoms with E-state index in [0.717, 1.165) is 0 Å². The van der Waals surface area contributed by atoms with Gasteiger partial charge in [-0.1, -0.05) is 6.07 Å². The zero-order valence-corrected chi connectivity index (χ0v) is 13.5. The maximum Gasteiger partial charge on any atom is 0.356 e. The fraction of sp³-hybridized carbons (Fsp3) is 0.462. The highest BCUT2D eigenvalue weighted by Gasteiger charge is 2.48. The van der Waals surface area contributed by atoms with Gasteiger partial charge in [0.15, 0.2) is 5.66 Å². The van der Waals surface area contributed by atoms with E-state index in [4.69, 9.17) is 11.8 Å². The maximum absolute atomic E-state index is 11.6. The first-order valence-corrected chi connectivity index (χ1v) is 7.70. The molecule has 1 aromatic rings. The Kier molecular flexibility index (Phi) is 4.75. The smallest absolute Gasteiger partial charge is 0.356 e. The maximum atomic E-state index is 11.6. The number of halogens is 1. The number of amides is 1. The minimum atomic E-state index is -0.943. The SMILES string of the molecule is COC(=O)c1cccc(C2(NC(C)=O)CSC(C)N2Cl)n1. The number of ether oxygens (including phenoxy) is 1. The lowest BCUT2D eigenvalue weighted by atomic mass is 10.1. The van der Waals surface area contributed by atoms with Crippen molar-refractivity contribution in [3.63, 3.8) is 0 Å². The fourth-order valence-electron chi connectivity index (χ4n) is 2.19. The summed E-state index contributed by atoms with van der Waals surface area (Å²) >= 11 is 7.96. The third kappa shape index (κ3) is 3.00. The zero-order chi connectivity index (χ0) is 15.6. The van der Waals surface area contributed by atoms with Crippen LogP contribution >= 0.6 is 23.5 Å². The number of aromatic nitrogens is 1. The van der Waals surface area contributed by atoms with Gasteiger partial charge in [-0.2, -0.15) is 4.42 Å². The molecule has 0 bridgehead atoms. The van der Waals surface area contributed by atoms with Gasteiger partial charge in [0.2, 0.25) is 5.91 Å². The van der Waals surface area contributed by atoms with Crippen molar-refractivity contribution in [2.24, 2.45) is 0 Å². The lowest BCUT2D eigenvalue weighted by Gasteiger charge is -2.34. The van der Waals surface area contributed by atoms with E-state index in [1.165, 1.54) is 18.5 Å². The molecule has 0 saturated carbocycles. The highest BCUT2D eigenvalue weighted by molar-refractivity contribution is 8.00. The van der Waals surface area contributed by atoms with Crippen LogP contribution in [0.15, 0.2) is 18.2 Å². The number of carbonyl (C=O) groups excluding carboxylic acids is 2. The highest BCUT2D eigenvalue weighted by atomic mass is 35.5. The Labute approximate surface area is 132 Å². The average molecular weight is 330 g/mol. The minimum Gasteiger partial charge on any atom is -0.464 e. The zero-order valence-electron chi connectivity index (χ0n) is 11.9. The van der Waals surface area contributed by atoms with E-state index in [9.17, 15) is 9.59 Å². The molecule has 1 N–H and O–H groups in total. The van der Waals surface area contributed by atoms with Crippen molar-refractivity contribution in [2.45, 2.75) is 24.9 Å². The number of thioether (sulfide) groups is 1. The molecule has 2 rings (SSSR count). The molecule has 2 heterocycles. The third-order valence-corrected chi connectivity index (χ3v) is 5.14. The summed E-state index contributed by atoms with van der Waals surface area (Å²) in [6.07, 6.45) is 0. The van der Waals surface area contributed by atoms with Crippen molar-refractivity contribution in [3.8, 4) is 0 Å². The molecule has 0 aliphatic carbocycles. The number of nitrogens with zero attached hydrogens (tertiary/aromatic N) is 2. The summed E-state index contributed by atoms with van der Waals surface area (Å²) in [6, 6.07) is 4.98. The highest BCUT2D eigenvalue weighted by Crippen LogP contribution is 2.42. The quantitative estimate of drug-likeness (QED) is 0.672. The van der Waals surface area contributed by atoms with Gasteiger partial charge in [-0.3, -0.25) is 4.79 Å². The molecule has 1 aromatic heterocycles. The van der Waals surface area contributed by atoms with Gasteiger partial charge >= 0.3 is 5.97 Å². The first-order valence-electron chi connectivity index (χ1n) is 6.32. The van der Waals surface area contributed by atoms with Gasteiger partial charge in [0.05, 0.1) is 18.2 Å². The molecule has 1 saturated heterocycles. The first kappa shape index (κ1) is 16.1. The number of hydrogen-bond acceptors (Lipinski definition) is 6. The topological polar surface area (TPSA) is 71.5 Å². The van der Waals surface area contributed by atoms with Gasteiger partial charge in [-0.15, -0.1) is 11.8 Å². The van der Waals surface area contributed by atoms with Crippen LogP contribution in [-0.4, -0.2) is 39.5 Å². The van der Waals surface area contributed by atoms with Crippen LogP contribution in [0.2, 0.25) is 0 Å². The molecule has 8 heteroatoms. The van der Waals surface area contributed by atoms with Gasteiger partial charge in [0.25, 0.3) is 0 Å². The van der Waals surface area contributed by atoms with Crippen LogP contribution in [0, 0.1) is 0 Å². The standard InChI is InChI=1S/C13H16ClN3O3S/c1-8(18)16-13(7-21-9(2)17(13)14)11-6-4-5-10(15-11)12(19)20-3/h4-6,9H,7H2,1-3H3,(H,16,18). The van der Waals surface area contributed by atoms with Gasteiger partial charge in [-0.25, -0.2) is 9.78 Å². The number of esters is 1. The molecular weight excluding hydrogens is 314 g/mol. The fourth-order valence-corrected chi connectivity index (χ4v) is 3.77. The molecule has 0 spiro atoms. The average Bonchev–Trinajstić information content (AvgIpc) is 2.75. The van der Waals surface area contributed by atoms with Crippen molar-refractivity contribution in [3.05, 3.63) is 29.6 Å². The van der Waals surface area contributed by atoms with E-state index >= 15 is 0 Å². The van der Waals surface area contributed by atoms with Gasteiger partial charge in [0.1, 0.15) is 5.69 Å². The van der Waals surface area contributed by atoms with Crippen molar-refractivity contribution < 1.29 is 14.3 Å². The van der Waals surface area contributed by atoms with E-state index < -0.39 is 11.6 Å². The summed E-state index contributed by atoms with van der Waals surface area (Å²) in [5.41, 5.74) is -0.261. The first-order chi connectivity index (χ1) is 9.90. The molecule has 6 nitrogen and oxygen atoms in total. The van der Waals surface area contributed by atoms with Gasteiger partial charge in [-0.05, 0) is 30.8 Å². The molecule has 1 aliphatic rings. The summed E-state index contributed by atoms with van der Waals surface area (Å²) in [5.74, 6) is -0.218. The van der Waals surface area contributed by atoms with E-state index in [0.29, 0.717) is 11.4 Å². The Morgan fingerprint density at radius 3 is 2.81 bits per heavy atom. The number of hydrogen-bond donors (Lipinski definition) is 1. The van der Waals surface area contributed by atoms with E-state index in [2.05, 4.69) is 15.0 Å². The Morgan fingerprint density at radius 2 is 2.29 bits per heavy atom. The minimum absolute atomic E-state index is 0.00194. The lowest BCUT2D eigenvalue weighted by Crippen LogP contribution is -2.54. The Bertz CT molecular complexity index is 571. The molecule has 21 heavy (non-hydrogen) atoms. The van der Waals surface area contributed by atoms with Crippen LogP contribution in [-0.2, 0) is 15.2 Å². The second-order valence-corrected chi connectivity index (χ2v) is 6.33. The number of rotatable bonds is 3. The summed E-state index contributed by atoms with van der Waals surface area (Å²) in [5, 5.41) is 2.86. The molecule has 1 fully saturated rings. The number of methoxy groups -OCH3 is 1. The van der Waals surface area contributed by atoms with Crippen LogP contribution < -0.4 is 5.32 Å². The van der Waals surface area contributed by atoms with Crippen LogP contribution in [0.25, 0.3) is 0 Å². The van der Waals surface area contributed by atoms with Gasteiger partial charge < -0.3 is 10.1 Å². The number of pyridine rings is 1.